The van der Waals surface area contributed by atoms with Gasteiger partial charge in [-0.3, -0.25) is 0 Å². The van der Waals surface area contributed by atoms with Crippen LogP contribution in [0, 0.1) is 5.41 Å². The van der Waals surface area contributed by atoms with Crippen LogP contribution in [0.5, 0.6) is 5.88 Å². The molecule has 0 atom stereocenters. The quantitative estimate of drug-likeness (QED) is 0.875. The molecule has 1 saturated carbocycles. The first kappa shape index (κ1) is 12.1. The Morgan fingerprint density at radius 1 is 1.35 bits per heavy atom. The van der Waals surface area contributed by atoms with Crippen molar-refractivity contribution in [3.63, 3.8) is 0 Å². The summed E-state index contributed by atoms with van der Waals surface area (Å²) in [4.78, 5) is 8.49. The molecule has 1 aliphatic carbocycles. The average Bonchev–Trinajstić information content (AvgIpc) is 2.32. The van der Waals surface area contributed by atoms with Gasteiger partial charge in [-0.15, -0.1) is 0 Å². The predicted molar refractivity (Wildman–Crippen MR) is 68.2 cm³/mol. The normalized spacial score (nSPS) is 19.9. The fourth-order valence-electron chi connectivity index (χ4n) is 2.25. The monoisotopic (exact) mass is 235 g/mol. The first-order valence-corrected chi connectivity index (χ1v) is 6.23. The zero-order chi connectivity index (χ0) is 12.3. The standard InChI is InChI=1S/C13H21N3O/c1-13(2)7-4-10(5-8-13)15-12-14-9-6-11(16-12)17-3/h6,9-10H,4-5,7-8H2,1-3H3,(H,14,15,16). The zero-order valence-corrected chi connectivity index (χ0v) is 10.9. The number of ether oxygens (including phenoxy) is 1. The van der Waals surface area contributed by atoms with Crippen LogP contribution in [0.4, 0.5) is 5.95 Å². The molecule has 4 nitrogen and oxygen atoms in total. The largest absolute Gasteiger partial charge is 0.481 e. The third-order valence-electron chi connectivity index (χ3n) is 3.51. The van der Waals surface area contributed by atoms with E-state index < -0.39 is 0 Å². The van der Waals surface area contributed by atoms with Gasteiger partial charge >= 0.3 is 0 Å². The van der Waals surface area contributed by atoms with Crippen LogP contribution in [-0.4, -0.2) is 23.1 Å². The van der Waals surface area contributed by atoms with Crippen LogP contribution in [0.25, 0.3) is 0 Å². The third kappa shape index (κ3) is 3.32. The van der Waals surface area contributed by atoms with Crippen molar-refractivity contribution in [2.24, 2.45) is 5.41 Å². The molecule has 0 spiro atoms. The minimum absolute atomic E-state index is 0.493. The molecular formula is C13H21N3O. The van der Waals surface area contributed by atoms with Crippen molar-refractivity contribution in [2.45, 2.75) is 45.6 Å². The molecule has 1 aromatic heterocycles. The fraction of sp³-hybridized carbons (Fsp3) is 0.692. The molecule has 0 aliphatic heterocycles. The van der Waals surface area contributed by atoms with E-state index in [1.165, 1.54) is 25.7 Å². The minimum atomic E-state index is 0.493. The van der Waals surface area contributed by atoms with Crippen molar-refractivity contribution in [3.8, 4) is 5.88 Å². The molecule has 0 saturated heterocycles. The van der Waals surface area contributed by atoms with Gasteiger partial charge in [-0.2, -0.15) is 4.98 Å². The zero-order valence-electron chi connectivity index (χ0n) is 10.9. The number of nitrogens with one attached hydrogen (secondary N) is 1. The maximum absolute atomic E-state index is 5.09. The molecule has 1 N–H and O–H groups in total. The van der Waals surface area contributed by atoms with Crippen molar-refractivity contribution >= 4 is 5.95 Å². The Labute approximate surface area is 103 Å². The number of hydrogen-bond acceptors (Lipinski definition) is 4. The van der Waals surface area contributed by atoms with E-state index in [4.69, 9.17) is 4.74 Å². The van der Waals surface area contributed by atoms with Gasteiger partial charge < -0.3 is 10.1 Å². The molecule has 94 valence electrons. The Balaban J connectivity index is 1.93. The Hall–Kier alpha value is -1.32. The number of methoxy groups -OCH3 is 1. The second kappa shape index (κ2) is 4.90. The predicted octanol–water partition coefficient (Wildman–Crippen LogP) is 2.87. The van der Waals surface area contributed by atoms with Crippen LogP contribution in [0.3, 0.4) is 0 Å². The summed E-state index contributed by atoms with van der Waals surface area (Å²) in [5, 5.41) is 3.39. The highest BCUT2D eigenvalue weighted by Crippen LogP contribution is 2.35. The molecule has 0 bridgehead atoms. The SMILES string of the molecule is COc1ccnc(NC2CCC(C)(C)CC2)n1. The smallest absolute Gasteiger partial charge is 0.226 e. The van der Waals surface area contributed by atoms with Gasteiger partial charge in [0.1, 0.15) is 0 Å². The summed E-state index contributed by atoms with van der Waals surface area (Å²) in [6.07, 6.45) is 6.62. The average molecular weight is 235 g/mol. The summed E-state index contributed by atoms with van der Waals surface area (Å²) in [6, 6.07) is 2.25. The maximum Gasteiger partial charge on any atom is 0.226 e. The van der Waals surface area contributed by atoms with Crippen molar-refractivity contribution in [1.29, 1.82) is 0 Å². The molecular weight excluding hydrogens is 214 g/mol. The molecule has 4 heteroatoms. The first-order chi connectivity index (χ1) is 8.09. The Kier molecular flexibility index (Phi) is 3.50. The van der Waals surface area contributed by atoms with Gasteiger partial charge in [0.05, 0.1) is 7.11 Å². The number of nitrogens with zero attached hydrogens (tertiary/aromatic N) is 2. The highest BCUT2D eigenvalue weighted by molar-refractivity contribution is 5.29. The van der Waals surface area contributed by atoms with Crippen molar-refractivity contribution < 1.29 is 4.74 Å². The summed E-state index contributed by atoms with van der Waals surface area (Å²) in [5.41, 5.74) is 0.493. The highest BCUT2D eigenvalue weighted by atomic mass is 16.5. The van der Waals surface area contributed by atoms with E-state index in [0.717, 1.165) is 0 Å². The molecule has 2 rings (SSSR count). The summed E-state index contributed by atoms with van der Waals surface area (Å²) in [5.74, 6) is 1.28. The lowest BCUT2D eigenvalue weighted by atomic mass is 9.76. The summed E-state index contributed by atoms with van der Waals surface area (Å²) in [6.45, 7) is 4.68. The number of aromatic nitrogens is 2. The molecule has 1 aromatic rings. The van der Waals surface area contributed by atoms with Gasteiger partial charge in [0, 0.05) is 18.3 Å². The molecule has 0 aromatic carbocycles. The minimum Gasteiger partial charge on any atom is -0.481 e. The van der Waals surface area contributed by atoms with E-state index in [9.17, 15) is 0 Å². The molecule has 0 amide bonds. The lowest BCUT2D eigenvalue weighted by Gasteiger charge is -2.34. The van der Waals surface area contributed by atoms with Crippen LogP contribution in [-0.2, 0) is 0 Å². The summed E-state index contributed by atoms with van der Waals surface area (Å²) < 4.78 is 5.09. The Morgan fingerprint density at radius 2 is 2.06 bits per heavy atom. The second-order valence-electron chi connectivity index (χ2n) is 5.51. The van der Waals surface area contributed by atoms with Crippen LogP contribution in [0.2, 0.25) is 0 Å². The van der Waals surface area contributed by atoms with E-state index in [0.29, 0.717) is 23.3 Å². The first-order valence-electron chi connectivity index (χ1n) is 6.23. The summed E-state index contributed by atoms with van der Waals surface area (Å²) in [7, 11) is 1.62. The molecule has 0 radical (unpaired) electrons. The van der Waals surface area contributed by atoms with E-state index in [-0.39, 0.29) is 0 Å². The van der Waals surface area contributed by atoms with Gasteiger partial charge in [0.15, 0.2) is 0 Å². The van der Waals surface area contributed by atoms with Crippen molar-refractivity contribution in [1.82, 2.24) is 9.97 Å². The number of anilines is 1. The van der Waals surface area contributed by atoms with Gasteiger partial charge in [0.25, 0.3) is 0 Å². The second-order valence-corrected chi connectivity index (χ2v) is 5.51. The lowest BCUT2D eigenvalue weighted by molar-refractivity contribution is 0.232. The van der Waals surface area contributed by atoms with Gasteiger partial charge in [-0.1, -0.05) is 13.8 Å². The van der Waals surface area contributed by atoms with Crippen LogP contribution >= 0.6 is 0 Å². The van der Waals surface area contributed by atoms with E-state index in [2.05, 4.69) is 29.1 Å². The van der Waals surface area contributed by atoms with Gasteiger partial charge in [-0.25, -0.2) is 4.98 Å². The third-order valence-corrected chi connectivity index (χ3v) is 3.51. The summed E-state index contributed by atoms with van der Waals surface area (Å²) >= 11 is 0. The van der Waals surface area contributed by atoms with Crippen LogP contribution in [0.1, 0.15) is 39.5 Å². The molecule has 1 heterocycles. The van der Waals surface area contributed by atoms with Crippen molar-refractivity contribution in [2.75, 3.05) is 12.4 Å². The van der Waals surface area contributed by atoms with Crippen molar-refractivity contribution in [3.05, 3.63) is 12.3 Å². The van der Waals surface area contributed by atoms with E-state index in [1.807, 2.05) is 0 Å². The highest BCUT2D eigenvalue weighted by Gasteiger charge is 2.26. The van der Waals surface area contributed by atoms with Gasteiger partial charge in [0.2, 0.25) is 11.8 Å². The molecule has 0 unspecified atom stereocenters. The fourth-order valence-corrected chi connectivity index (χ4v) is 2.25. The molecule has 1 aliphatic rings. The van der Waals surface area contributed by atoms with Gasteiger partial charge in [-0.05, 0) is 31.1 Å². The molecule has 1 fully saturated rings. The number of rotatable bonds is 3. The topological polar surface area (TPSA) is 47.0 Å². The lowest BCUT2D eigenvalue weighted by Crippen LogP contribution is -2.30. The Bertz CT molecular complexity index is 369. The maximum atomic E-state index is 5.09. The van der Waals surface area contributed by atoms with E-state index >= 15 is 0 Å². The van der Waals surface area contributed by atoms with E-state index in [1.54, 1.807) is 19.4 Å². The Morgan fingerprint density at radius 3 is 2.71 bits per heavy atom. The van der Waals surface area contributed by atoms with Crippen LogP contribution in [0.15, 0.2) is 12.3 Å². The van der Waals surface area contributed by atoms with Crippen LogP contribution < -0.4 is 10.1 Å². The number of hydrogen-bond donors (Lipinski definition) is 1. The molecule has 17 heavy (non-hydrogen) atoms.